The van der Waals surface area contributed by atoms with Crippen LogP contribution in [0.1, 0.15) is 33.6 Å². The van der Waals surface area contributed by atoms with Crippen LogP contribution in [-0.4, -0.2) is 35.1 Å². The van der Waals surface area contributed by atoms with Gasteiger partial charge in [-0.1, -0.05) is 0 Å². The van der Waals surface area contributed by atoms with E-state index < -0.39 is 0 Å². The summed E-state index contributed by atoms with van der Waals surface area (Å²) < 4.78 is 0. The highest BCUT2D eigenvalue weighted by Gasteiger charge is 2.05. The normalized spacial score (nSPS) is 10.2. The highest BCUT2D eigenvalue weighted by molar-refractivity contribution is 5.94. The van der Waals surface area contributed by atoms with Crippen LogP contribution in [0.3, 0.4) is 0 Å². The van der Waals surface area contributed by atoms with Crippen molar-refractivity contribution in [3.05, 3.63) is 59.7 Å². The summed E-state index contributed by atoms with van der Waals surface area (Å²) in [6.07, 6.45) is 1.47. The number of aromatic hydroxyl groups is 2. The Hall–Kier alpha value is -3.02. The van der Waals surface area contributed by atoms with Gasteiger partial charge in [0.1, 0.15) is 11.5 Å². The van der Waals surface area contributed by atoms with Crippen molar-refractivity contribution < 1.29 is 19.8 Å². The van der Waals surface area contributed by atoms with Crippen molar-refractivity contribution in [2.24, 2.45) is 0 Å². The van der Waals surface area contributed by atoms with Crippen LogP contribution in [-0.2, 0) is 0 Å². The maximum absolute atomic E-state index is 11.8. The molecule has 6 nitrogen and oxygen atoms in total. The smallest absolute Gasteiger partial charge is 0.251 e. The average molecular weight is 328 g/mol. The van der Waals surface area contributed by atoms with Gasteiger partial charge in [-0.3, -0.25) is 9.59 Å². The minimum Gasteiger partial charge on any atom is -0.508 e. The van der Waals surface area contributed by atoms with Crippen molar-refractivity contribution >= 4 is 11.8 Å². The first-order valence-corrected chi connectivity index (χ1v) is 7.71. The molecule has 6 heteroatoms. The van der Waals surface area contributed by atoms with Crippen LogP contribution >= 0.6 is 0 Å². The zero-order chi connectivity index (χ0) is 17.4. The van der Waals surface area contributed by atoms with E-state index in [0.29, 0.717) is 24.2 Å². The van der Waals surface area contributed by atoms with E-state index in [1.54, 1.807) is 24.3 Å². The molecule has 2 aromatic rings. The van der Waals surface area contributed by atoms with Crippen LogP contribution in [0.5, 0.6) is 11.5 Å². The van der Waals surface area contributed by atoms with Crippen molar-refractivity contribution in [3.8, 4) is 11.5 Å². The van der Waals surface area contributed by atoms with Gasteiger partial charge in [0.25, 0.3) is 11.8 Å². The fourth-order valence-corrected chi connectivity index (χ4v) is 2.08. The molecule has 126 valence electrons. The maximum Gasteiger partial charge on any atom is 0.251 e. The van der Waals surface area contributed by atoms with Gasteiger partial charge in [-0.05, 0) is 61.4 Å². The summed E-state index contributed by atoms with van der Waals surface area (Å²) in [5.74, 6) is -0.141. The number of hydrogen-bond donors (Lipinski definition) is 4. The summed E-state index contributed by atoms with van der Waals surface area (Å²) in [5.41, 5.74) is 0.988. The molecule has 2 amide bonds. The Kier molecular flexibility index (Phi) is 6.19. The molecule has 0 saturated heterocycles. The minimum atomic E-state index is -0.192. The summed E-state index contributed by atoms with van der Waals surface area (Å²) in [6, 6.07) is 12.1. The van der Waals surface area contributed by atoms with E-state index in [1.165, 1.54) is 24.3 Å². The first kappa shape index (κ1) is 17.3. The summed E-state index contributed by atoms with van der Waals surface area (Å²) in [6.45, 7) is 1.02. The quantitative estimate of drug-likeness (QED) is 0.585. The third kappa shape index (κ3) is 5.31. The Labute approximate surface area is 140 Å². The standard InChI is InChI=1S/C18H20N2O4/c21-15-7-3-13(4-8-15)17(23)19-11-1-2-12-20-18(24)14-5-9-16(22)10-6-14/h3-10,21-22H,1-2,11-12H2,(H,19,23)(H,20,24). The lowest BCUT2D eigenvalue weighted by Crippen LogP contribution is -2.27. The highest BCUT2D eigenvalue weighted by Crippen LogP contribution is 2.10. The van der Waals surface area contributed by atoms with Gasteiger partial charge in [0.15, 0.2) is 0 Å². The molecule has 0 atom stereocenters. The van der Waals surface area contributed by atoms with Crippen LogP contribution in [0.15, 0.2) is 48.5 Å². The van der Waals surface area contributed by atoms with Gasteiger partial charge in [0.05, 0.1) is 0 Å². The fourth-order valence-electron chi connectivity index (χ4n) is 2.08. The Bertz CT molecular complexity index is 620. The Balaban J connectivity index is 1.61. The molecule has 2 aromatic carbocycles. The second-order valence-electron chi connectivity index (χ2n) is 5.31. The zero-order valence-electron chi connectivity index (χ0n) is 13.2. The predicted molar refractivity (Wildman–Crippen MR) is 90.1 cm³/mol. The summed E-state index contributed by atoms with van der Waals surface area (Å²) >= 11 is 0. The first-order chi connectivity index (χ1) is 11.6. The highest BCUT2D eigenvalue weighted by atomic mass is 16.3. The molecule has 0 aliphatic heterocycles. The molecule has 0 bridgehead atoms. The lowest BCUT2D eigenvalue weighted by molar-refractivity contribution is 0.0939. The van der Waals surface area contributed by atoms with E-state index in [2.05, 4.69) is 10.6 Å². The maximum atomic E-state index is 11.8. The van der Waals surface area contributed by atoms with E-state index in [9.17, 15) is 19.8 Å². The number of hydrogen-bond acceptors (Lipinski definition) is 4. The van der Waals surface area contributed by atoms with E-state index in [4.69, 9.17) is 0 Å². The molecule has 4 N–H and O–H groups in total. The molecular weight excluding hydrogens is 308 g/mol. The van der Waals surface area contributed by atoms with Gasteiger partial charge < -0.3 is 20.8 Å². The summed E-state index contributed by atoms with van der Waals surface area (Å²) in [4.78, 5) is 23.7. The third-order valence-corrected chi connectivity index (χ3v) is 3.43. The van der Waals surface area contributed by atoms with Gasteiger partial charge in [0, 0.05) is 24.2 Å². The molecule has 0 aromatic heterocycles. The molecule has 0 unspecified atom stereocenters. The molecule has 2 rings (SSSR count). The first-order valence-electron chi connectivity index (χ1n) is 7.71. The topological polar surface area (TPSA) is 98.7 Å². The van der Waals surface area contributed by atoms with E-state index in [0.717, 1.165) is 12.8 Å². The molecule has 24 heavy (non-hydrogen) atoms. The number of unbranched alkanes of at least 4 members (excludes halogenated alkanes) is 1. The lowest BCUT2D eigenvalue weighted by atomic mass is 10.2. The number of nitrogens with one attached hydrogen (secondary N) is 2. The molecular formula is C18H20N2O4. The molecule has 0 heterocycles. The molecule has 0 aliphatic carbocycles. The average Bonchev–Trinajstić information content (AvgIpc) is 2.58. The summed E-state index contributed by atoms with van der Waals surface area (Å²) in [7, 11) is 0. The van der Waals surface area contributed by atoms with Gasteiger partial charge in [-0.15, -0.1) is 0 Å². The van der Waals surface area contributed by atoms with Gasteiger partial charge in [0.2, 0.25) is 0 Å². The second-order valence-corrected chi connectivity index (χ2v) is 5.31. The largest absolute Gasteiger partial charge is 0.508 e. The van der Waals surface area contributed by atoms with Crippen LogP contribution in [0, 0.1) is 0 Å². The van der Waals surface area contributed by atoms with Gasteiger partial charge in [-0.25, -0.2) is 0 Å². The van der Waals surface area contributed by atoms with E-state index in [-0.39, 0.29) is 23.3 Å². The number of benzene rings is 2. The van der Waals surface area contributed by atoms with Crippen LogP contribution in [0.25, 0.3) is 0 Å². The molecule has 0 aliphatic rings. The van der Waals surface area contributed by atoms with Crippen molar-refractivity contribution in [3.63, 3.8) is 0 Å². The Morgan fingerprint density at radius 3 is 1.33 bits per heavy atom. The molecule has 0 fully saturated rings. The van der Waals surface area contributed by atoms with Crippen LogP contribution < -0.4 is 10.6 Å². The SMILES string of the molecule is O=C(NCCCCNC(=O)c1ccc(O)cc1)c1ccc(O)cc1. The van der Waals surface area contributed by atoms with Crippen molar-refractivity contribution in [2.45, 2.75) is 12.8 Å². The van der Waals surface area contributed by atoms with Gasteiger partial charge in [-0.2, -0.15) is 0 Å². The van der Waals surface area contributed by atoms with Crippen LogP contribution in [0.4, 0.5) is 0 Å². The number of phenols is 2. The van der Waals surface area contributed by atoms with Gasteiger partial charge >= 0.3 is 0 Å². The minimum absolute atomic E-state index is 0.121. The predicted octanol–water partition coefficient (Wildman–Crippen LogP) is 2.04. The molecule has 0 spiro atoms. The van der Waals surface area contributed by atoms with Crippen LogP contribution in [0.2, 0.25) is 0 Å². The lowest BCUT2D eigenvalue weighted by Gasteiger charge is -2.07. The van der Waals surface area contributed by atoms with Crippen molar-refractivity contribution in [1.29, 1.82) is 0 Å². The van der Waals surface area contributed by atoms with Crippen molar-refractivity contribution in [2.75, 3.05) is 13.1 Å². The Morgan fingerprint density at radius 2 is 1.00 bits per heavy atom. The Morgan fingerprint density at radius 1 is 0.667 bits per heavy atom. The van der Waals surface area contributed by atoms with E-state index in [1.807, 2.05) is 0 Å². The molecule has 0 saturated carbocycles. The monoisotopic (exact) mass is 328 g/mol. The molecule has 0 radical (unpaired) electrons. The number of rotatable bonds is 7. The number of phenolic OH excluding ortho intramolecular Hbond substituents is 2. The fraction of sp³-hybridized carbons (Fsp3) is 0.222. The number of carbonyl (C=O) groups is 2. The zero-order valence-corrected chi connectivity index (χ0v) is 13.2. The third-order valence-electron chi connectivity index (χ3n) is 3.43. The second kappa shape index (κ2) is 8.57. The number of amides is 2. The van der Waals surface area contributed by atoms with Crippen molar-refractivity contribution in [1.82, 2.24) is 10.6 Å². The summed E-state index contributed by atoms with van der Waals surface area (Å²) in [5, 5.41) is 23.9. The van der Waals surface area contributed by atoms with E-state index >= 15 is 0 Å². The number of carbonyl (C=O) groups excluding carboxylic acids is 2.